The highest BCUT2D eigenvalue weighted by Crippen LogP contribution is 2.36. The second kappa shape index (κ2) is 8.57. The van der Waals surface area contributed by atoms with Gasteiger partial charge in [0.05, 0.1) is 23.9 Å². The van der Waals surface area contributed by atoms with Crippen LogP contribution in [0.2, 0.25) is 0 Å². The summed E-state index contributed by atoms with van der Waals surface area (Å²) in [4.78, 5) is 0. The van der Waals surface area contributed by atoms with E-state index in [4.69, 9.17) is 14.6 Å². The average molecular weight is 381 g/mol. The predicted octanol–water partition coefficient (Wildman–Crippen LogP) is 1.62. The van der Waals surface area contributed by atoms with Crippen LogP contribution in [-0.4, -0.2) is 34.4 Å². The lowest BCUT2D eigenvalue weighted by Crippen LogP contribution is -2.22. The summed E-state index contributed by atoms with van der Waals surface area (Å²) in [5.74, 6) is 1.32. The van der Waals surface area contributed by atoms with Crippen LogP contribution in [0, 0.1) is 0 Å². The lowest BCUT2D eigenvalue weighted by Gasteiger charge is -2.13. The molecular weight excluding hydrogens is 360 g/mol. The Morgan fingerprint density at radius 3 is 2.67 bits per heavy atom. The van der Waals surface area contributed by atoms with Gasteiger partial charge in [-0.2, -0.15) is 0 Å². The maximum atomic E-state index is 10.8. The first-order chi connectivity index (χ1) is 9.87. The second-order valence-electron chi connectivity index (χ2n) is 4.44. The van der Waals surface area contributed by atoms with Crippen LogP contribution >= 0.6 is 15.9 Å². The van der Waals surface area contributed by atoms with Crippen LogP contribution in [0.1, 0.15) is 18.9 Å². The molecule has 1 rings (SSSR count). The normalized spacial score (nSPS) is 11.4. The Balaban J connectivity index is 2.58. The van der Waals surface area contributed by atoms with Crippen LogP contribution in [0.4, 0.5) is 0 Å². The third kappa shape index (κ3) is 6.64. The summed E-state index contributed by atoms with van der Waals surface area (Å²) in [6.45, 7) is 3.64. The van der Waals surface area contributed by atoms with E-state index in [1.807, 2.05) is 19.1 Å². The molecule has 0 aromatic heterocycles. The summed E-state index contributed by atoms with van der Waals surface area (Å²) in [5, 5.41) is 8.11. The molecule has 0 unspecified atom stereocenters. The zero-order valence-corrected chi connectivity index (χ0v) is 14.6. The summed E-state index contributed by atoms with van der Waals surface area (Å²) in [6.07, 6.45) is 0.480. The Hall–Kier alpha value is -0.830. The molecular formula is C13H21BrN2O4S. The number of nitrogens with one attached hydrogen (secondary N) is 1. The zero-order valence-electron chi connectivity index (χ0n) is 12.2. The molecule has 0 fully saturated rings. The maximum Gasteiger partial charge on any atom is 0.209 e. The Labute approximate surface area is 134 Å². The number of primary sulfonamides is 1. The molecule has 0 radical (unpaired) electrons. The summed E-state index contributed by atoms with van der Waals surface area (Å²) in [6, 6.07) is 3.84. The molecule has 0 amide bonds. The Morgan fingerprint density at radius 1 is 1.38 bits per heavy atom. The van der Waals surface area contributed by atoms with Gasteiger partial charge in [-0.05, 0) is 53.5 Å². The Bertz CT molecular complexity index is 564. The van der Waals surface area contributed by atoms with E-state index in [2.05, 4.69) is 21.2 Å². The molecule has 0 spiro atoms. The van der Waals surface area contributed by atoms with Gasteiger partial charge in [-0.3, -0.25) is 0 Å². The van der Waals surface area contributed by atoms with Crippen LogP contribution in [0.15, 0.2) is 16.6 Å². The molecule has 8 heteroatoms. The standard InChI is InChI=1S/C13H21BrN2O4S/c1-3-20-13-11(14)7-10(8-12(13)19-2)9-16-5-4-6-21(15,17)18/h7-8,16H,3-6,9H2,1-2H3,(H2,15,17,18). The Morgan fingerprint density at radius 2 is 2.10 bits per heavy atom. The van der Waals surface area contributed by atoms with Gasteiger partial charge in [0.15, 0.2) is 11.5 Å². The van der Waals surface area contributed by atoms with Crippen LogP contribution < -0.4 is 19.9 Å². The first-order valence-corrected chi connectivity index (χ1v) is 9.08. The van der Waals surface area contributed by atoms with Crippen molar-refractivity contribution >= 4 is 26.0 Å². The number of sulfonamides is 1. The van der Waals surface area contributed by atoms with Crippen molar-refractivity contribution in [1.29, 1.82) is 0 Å². The molecule has 120 valence electrons. The van der Waals surface area contributed by atoms with E-state index >= 15 is 0 Å². The van der Waals surface area contributed by atoms with Crippen molar-refractivity contribution in [3.8, 4) is 11.5 Å². The number of hydrogen-bond donors (Lipinski definition) is 2. The van der Waals surface area contributed by atoms with Crippen molar-refractivity contribution in [3.05, 3.63) is 22.2 Å². The minimum Gasteiger partial charge on any atom is -0.493 e. The van der Waals surface area contributed by atoms with E-state index in [0.29, 0.717) is 37.6 Å². The van der Waals surface area contributed by atoms with Gasteiger partial charge >= 0.3 is 0 Å². The summed E-state index contributed by atoms with van der Waals surface area (Å²) >= 11 is 3.46. The third-order valence-corrected chi connectivity index (χ3v) is 4.14. The number of ether oxygens (including phenoxy) is 2. The highest BCUT2D eigenvalue weighted by molar-refractivity contribution is 9.10. The van der Waals surface area contributed by atoms with Gasteiger partial charge in [0.1, 0.15) is 0 Å². The first-order valence-electron chi connectivity index (χ1n) is 6.57. The number of nitrogens with two attached hydrogens (primary N) is 1. The smallest absolute Gasteiger partial charge is 0.209 e. The van der Waals surface area contributed by atoms with E-state index in [0.717, 1.165) is 10.0 Å². The molecule has 0 saturated carbocycles. The van der Waals surface area contributed by atoms with E-state index in [9.17, 15) is 8.42 Å². The van der Waals surface area contributed by atoms with Crippen LogP contribution in [0.5, 0.6) is 11.5 Å². The largest absolute Gasteiger partial charge is 0.493 e. The quantitative estimate of drug-likeness (QED) is 0.635. The van der Waals surface area contributed by atoms with E-state index in [1.165, 1.54) is 0 Å². The molecule has 6 nitrogen and oxygen atoms in total. The Kier molecular flexibility index (Phi) is 7.44. The van der Waals surface area contributed by atoms with Crippen LogP contribution in [0.25, 0.3) is 0 Å². The number of halogens is 1. The van der Waals surface area contributed by atoms with Crippen molar-refractivity contribution < 1.29 is 17.9 Å². The second-order valence-corrected chi connectivity index (χ2v) is 7.03. The average Bonchev–Trinajstić information content (AvgIpc) is 2.39. The minimum absolute atomic E-state index is 0.0176. The third-order valence-electron chi connectivity index (χ3n) is 2.69. The maximum absolute atomic E-state index is 10.8. The number of benzene rings is 1. The van der Waals surface area contributed by atoms with Crippen molar-refractivity contribution in [2.24, 2.45) is 5.14 Å². The summed E-state index contributed by atoms with van der Waals surface area (Å²) in [7, 11) is -1.79. The van der Waals surface area contributed by atoms with E-state index < -0.39 is 10.0 Å². The van der Waals surface area contributed by atoms with Gasteiger partial charge in [0.2, 0.25) is 10.0 Å². The number of methoxy groups -OCH3 is 1. The van der Waals surface area contributed by atoms with Crippen molar-refractivity contribution in [1.82, 2.24) is 5.32 Å². The van der Waals surface area contributed by atoms with Gasteiger partial charge in [-0.15, -0.1) is 0 Å². The number of hydrogen-bond acceptors (Lipinski definition) is 5. The molecule has 1 aromatic rings. The first kappa shape index (κ1) is 18.2. The molecule has 0 aliphatic carbocycles. The fourth-order valence-corrected chi connectivity index (χ4v) is 2.94. The molecule has 0 atom stereocenters. The molecule has 0 heterocycles. The fraction of sp³-hybridized carbons (Fsp3) is 0.538. The topological polar surface area (TPSA) is 90.6 Å². The number of rotatable bonds is 9. The van der Waals surface area contributed by atoms with Gasteiger partial charge in [0, 0.05) is 6.54 Å². The van der Waals surface area contributed by atoms with E-state index in [-0.39, 0.29) is 5.75 Å². The van der Waals surface area contributed by atoms with Crippen LogP contribution in [-0.2, 0) is 16.6 Å². The molecule has 3 N–H and O–H groups in total. The monoisotopic (exact) mass is 380 g/mol. The lowest BCUT2D eigenvalue weighted by atomic mass is 10.2. The van der Waals surface area contributed by atoms with Crippen LogP contribution in [0.3, 0.4) is 0 Å². The lowest BCUT2D eigenvalue weighted by molar-refractivity contribution is 0.308. The summed E-state index contributed by atoms with van der Waals surface area (Å²) in [5.41, 5.74) is 1.01. The van der Waals surface area contributed by atoms with Gasteiger partial charge in [-0.1, -0.05) is 0 Å². The van der Waals surface area contributed by atoms with Crippen molar-refractivity contribution in [2.45, 2.75) is 19.9 Å². The van der Waals surface area contributed by atoms with E-state index in [1.54, 1.807) is 7.11 Å². The molecule has 1 aromatic carbocycles. The van der Waals surface area contributed by atoms with Gasteiger partial charge in [-0.25, -0.2) is 13.6 Å². The van der Waals surface area contributed by atoms with Crippen molar-refractivity contribution in [2.75, 3.05) is 26.0 Å². The molecule has 21 heavy (non-hydrogen) atoms. The minimum atomic E-state index is -3.38. The molecule has 0 bridgehead atoms. The molecule has 0 saturated heterocycles. The zero-order chi connectivity index (χ0) is 15.9. The molecule has 0 aliphatic heterocycles. The molecule has 0 aliphatic rings. The highest BCUT2D eigenvalue weighted by Gasteiger charge is 2.11. The summed E-state index contributed by atoms with van der Waals surface area (Å²) < 4.78 is 33.3. The fourth-order valence-electron chi connectivity index (χ4n) is 1.79. The van der Waals surface area contributed by atoms with Gasteiger partial charge < -0.3 is 14.8 Å². The van der Waals surface area contributed by atoms with Gasteiger partial charge in [0.25, 0.3) is 0 Å². The highest BCUT2D eigenvalue weighted by atomic mass is 79.9. The van der Waals surface area contributed by atoms with Crippen molar-refractivity contribution in [3.63, 3.8) is 0 Å². The SMILES string of the molecule is CCOc1c(Br)cc(CNCCCS(N)(=O)=O)cc1OC. The predicted molar refractivity (Wildman–Crippen MR) is 86.2 cm³/mol.